The number of aryl methyl sites for hydroxylation is 1. The number of aromatic nitrogens is 1. The highest BCUT2D eigenvalue weighted by Crippen LogP contribution is 2.21. The SMILES string of the molecule is Cn1c(=O)cc(NCC2=CCNCC2)c2ccccc21. The van der Waals surface area contributed by atoms with E-state index in [1.807, 2.05) is 31.3 Å². The molecule has 0 bridgehead atoms. The number of fused-ring (bicyclic) bond motifs is 1. The van der Waals surface area contributed by atoms with Crippen LogP contribution in [0.3, 0.4) is 0 Å². The molecule has 0 spiro atoms. The molecule has 4 nitrogen and oxygen atoms in total. The lowest BCUT2D eigenvalue weighted by Crippen LogP contribution is -2.23. The van der Waals surface area contributed by atoms with Crippen LogP contribution < -0.4 is 16.2 Å². The topological polar surface area (TPSA) is 46.1 Å². The molecule has 1 aliphatic heterocycles. The Balaban J connectivity index is 1.93. The maximum atomic E-state index is 12.0. The molecule has 0 saturated carbocycles. The molecule has 0 amide bonds. The lowest BCUT2D eigenvalue weighted by atomic mass is 10.1. The summed E-state index contributed by atoms with van der Waals surface area (Å²) in [7, 11) is 1.81. The monoisotopic (exact) mass is 269 g/mol. The summed E-state index contributed by atoms with van der Waals surface area (Å²) in [6, 6.07) is 9.67. The molecule has 0 saturated heterocycles. The molecule has 2 heterocycles. The van der Waals surface area contributed by atoms with Crippen molar-refractivity contribution in [3.63, 3.8) is 0 Å². The number of nitrogens with one attached hydrogen (secondary N) is 2. The van der Waals surface area contributed by atoms with Crippen molar-refractivity contribution in [3.05, 3.63) is 52.3 Å². The number of hydrogen-bond acceptors (Lipinski definition) is 3. The van der Waals surface area contributed by atoms with Gasteiger partial charge in [0.25, 0.3) is 5.56 Å². The molecule has 0 radical (unpaired) electrons. The largest absolute Gasteiger partial charge is 0.381 e. The van der Waals surface area contributed by atoms with Crippen LogP contribution in [0.2, 0.25) is 0 Å². The first-order valence-corrected chi connectivity index (χ1v) is 6.97. The second kappa shape index (κ2) is 5.51. The summed E-state index contributed by atoms with van der Waals surface area (Å²) in [4.78, 5) is 12.0. The average molecular weight is 269 g/mol. The van der Waals surface area contributed by atoms with E-state index >= 15 is 0 Å². The van der Waals surface area contributed by atoms with E-state index in [9.17, 15) is 4.79 Å². The van der Waals surface area contributed by atoms with Crippen molar-refractivity contribution in [3.8, 4) is 0 Å². The normalized spacial score (nSPS) is 15.2. The fourth-order valence-corrected chi connectivity index (χ4v) is 2.60. The van der Waals surface area contributed by atoms with E-state index in [0.717, 1.165) is 42.6 Å². The molecule has 3 rings (SSSR count). The van der Waals surface area contributed by atoms with E-state index in [1.54, 1.807) is 10.6 Å². The second-order valence-corrected chi connectivity index (χ2v) is 5.14. The first-order valence-electron chi connectivity index (χ1n) is 6.97. The summed E-state index contributed by atoms with van der Waals surface area (Å²) in [5.41, 5.74) is 3.30. The van der Waals surface area contributed by atoms with E-state index in [0.29, 0.717) is 0 Å². The Morgan fingerprint density at radius 3 is 3.00 bits per heavy atom. The Morgan fingerprint density at radius 2 is 2.20 bits per heavy atom. The van der Waals surface area contributed by atoms with Crippen LogP contribution in [0.4, 0.5) is 5.69 Å². The summed E-state index contributed by atoms with van der Waals surface area (Å²) < 4.78 is 1.68. The number of para-hydroxylation sites is 1. The van der Waals surface area contributed by atoms with Gasteiger partial charge in [-0.1, -0.05) is 29.8 Å². The third kappa shape index (κ3) is 2.47. The fraction of sp³-hybridized carbons (Fsp3) is 0.312. The first-order chi connectivity index (χ1) is 9.75. The van der Waals surface area contributed by atoms with Gasteiger partial charge in [0.15, 0.2) is 0 Å². The molecule has 0 unspecified atom stereocenters. The quantitative estimate of drug-likeness (QED) is 0.836. The molecule has 2 aromatic rings. The van der Waals surface area contributed by atoms with E-state index in [4.69, 9.17) is 0 Å². The van der Waals surface area contributed by atoms with Gasteiger partial charge in [-0.15, -0.1) is 0 Å². The zero-order chi connectivity index (χ0) is 13.9. The molecule has 1 aromatic carbocycles. The van der Waals surface area contributed by atoms with Crippen LogP contribution in [-0.2, 0) is 7.05 Å². The Kier molecular flexibility index (Phi) is 3.56. The summed E-state index contributed by atoms with van der Waals surface area (Å²) in [6.07, 6.45) is 3.29. The van der Waals surface area contributed by atoms with Gasteiger partial charge in [0.1, 0.15) is 0 Å². The van der Waals surface area contributed by atoms with E-state index in [1.165, 1.54) is 5.57 Å². The molecule has 1 aromatic heterocycles. The van der Waals surface area contributed by atoms with Gasteiger partial charge in [-0.2, -0.15) is 0 Å². The number of rotatable bonds is 3. The van der Waals surface area contributed by atoms with Crippen LogP contribution >= 0.6 is 0 Å². The Morgan fingerprint density at radius 1 is 1.35 bits per heavy atom. The summed E-state index contributed by atoms with van der Waals surface area (Å²) in [6.45, 7) is 2.78. The molecule has 104 valence electrons. The van der Waals surface area contributed by atoms with Crippen LogP contribution in [0, 0.1) is 0 Å². The fourth-order valence-electron chi connectivity index (χ4n) is 2.60. The highest BCUT2D eigenvalue weighted by atomic mass is 16.1. The third-order valence-electron chi connectivity index (χ3n) is 3.82. The molecule has 1 aliphatic rings. The van der Waals surface area contributed by atoms with Crippen molar-refractivity contribution in [1.29, 1.82) is 0 Å². The van der Waals surface area contributed by atoms with E-state index < -0.39 is 0 Å². The summed E-state index contributed by atoms with van der Waals surface area (Å²) >= 11 is 0. The smallest absolute Gasteiger partial charge is 0.252 e. The molecular formula is C16H19N3O. The predicted octanol–water partition coefficient (Wildman–Crippen LogP) is 1.87. The van der Waals surface area contributed by atoms with E-state index in [-0.39, 0.29) is 5.56 Å². The summed E-state index contributed by atoms with van der Waals surface area (Å²) in [5, 5.41) is 7.80. The lowest BCUT2D eigenvalue weighted by Gasteiger charge is -2.16. The second-order valence-electron chi connectivity index (χ2n) is 5.14. The van der Waals surface area contributed by atoms with Crippen molar-refractivity contribution in [1.82, 2.24) is 9.88 Å². The van der Waals surface area contributed by atoms with Crippen molar-refractivity contribution in [2.24, 2.45) is 7.05 Å². The minimum Gasteiger partial charge on any atom is -0.381 e. The first kappa shape index (κ1) is 12.9. The van der Waals surface area contributed by atoms with Crippen molar-refractivity contribution >= 4 is 16.6 Å². The van der Waals surface area contributed by atoms with Gasteiger partial charge in [-0.3, -0.25) is 4.79 Å². The van der Waals surface area contributed by atoms with Crippen LogP contribution in [0.15, 0.2) is 46.8 Å². The highest BCUT2D eigenvalue weighted by Gasteiger charge is 2.07. The van der Waals surface area contributed by atoms with Crippen LogP contribution in [-0.4, -0.2) is 24.2 Å². The van der Waals surface area contributed by atoms with Crippen LogP contribution in [0.5, 0.6) is 0 Å². The zero-order valence-corrected chi connectivity index (χ0v) is 11.6. The Hall–Kier alpha value is -2.07. The predicted molar refractivity (Wildman–Crippen MR) is 83.2 cm³/mol. The minimum absolute atomic E-state index is 0.0190. The Labute approximate surface area is 118 Å². The average Bonchev–Trinajstić information content (AvgIpc) is 2.50. The van der Waals surface area contributed by atoms with Crippen LogP contribution in [0.25, 0.3) is 10.9 Å². The van der Waals surface area contributed by atoms with Gasteiger partial charge in [-0.05, 0) is 19.0 Å². The summed E-state index contributed by atoms with van der Waals surface area (Å²) in [5.74, 6) is 0. The van der Waals surface area contributed by atoms with Crippen molar-refractivity contribution in [2.75, 3.05) is 25.0 Å². The third-order valence-corrected chi connectivity index (χ3v) is 3.82. The molecule has 0 atom stereocenters. The Bertz CT molecular complexity index is 715. The van der Waals surface area contributed by atoms with Crippen molar-refractivity contribution < 1.29 is 0 Å². The lowest BCUT2D eigenvalue weighted by molar-refractivity contribution is 0.698. The maximum absolute atomic E-state index is 12.0. The number of hydrogen-bond donors (Lipinski definition) is 2. The van der Waals surface area contributed by atoms with Gasteiger partial charge in [0.05, 0.1) is 5.52 Å². The van der Waals surface area contributed by atoms with Crippen molar-refractivity contribution in [2.45, 2.75) is 6.42 Å². The minimum atomic E-state index is 0.0190. The molecule has 20 heavy (non-hydrogen) atoms. The molecule has 4 heteroatoms. The van der Waals surface area contributed by atoms with E-state index in [2.05, 4.69) is 16.7 Å². The number of nitrogens with zero attached hydrogens (tertiary/aromatic N) is 1. The van der Waals surface area contributed by atoms with Gasteiger partial charge < -0.3 is 15.2 Å². The van der Waals surface area contributed by atoms with Gasteiger partial charge in [-0.25, -0.2) is 0 Å². The maximum Gasteiger partial charge on any atom is 0.252 e. The highest BCUT2D eigenvalue weighted by molar-refractivity contribution is 5.91. The molecule has 0 aliphatic carbocycles. The van der Waals surface area contributed by atoms with Gasteiger partial charge in [0, 0.05) is 37.3 Å². The van der Waals surface area contributed by atoms with Gasteiger partial charge >= 0.3 is 0 Å². The molecular weight excluding hydrogens is 250 g/mol. The zero-order valence-electron chi connectivity index (χ0n) is 11.6. The number of anilines is 1. The molecule has 0 fully saturated rings. The number of benzene rings is 1. The standard InChI is InChI=1S/C16H19N3O/c1-19-15-5-3-2-4-13(15)14(10-16(19)20)18-11-12-6-8-17-9-7-12/h2-6,10,17-18H,7-9,11H2,1H3. The molecule has 2 N–H and O–H groups in total. The van der Waals surface area contributed by atoms with Crippen LogP contribution in [0.1, 0.15) is 6.42 Å². The van der Waals surface area contributed by atoms with Gasteiger partial charge in [0.2, 0.25) is 0 Å². The number of pyridine rings is 1.